The van der Waals surface area contributed by atoms with Gasteiger partial charge in [-0.1, -0.05) is 137 Å². The standard InChI is InChI=1S/C54H35BrN2S2/c55-40-31-45(56(41-23-19-38(20-24-41)36-11-3-1-4-12-36)43-27-29-53-49(34-43)47-15-7-9-17-51(47)58-53)33-46(32-40)57(42-25-21-39(22-26-42)37-13-5-2-6-14-37)44-28-30-54-50(35-44)48-16-8-10-18-52(48)59-54/h1-35H. The van der Waals surface area contributed by atoms with Gasteiger partial charge in [0.1, 0.15) is 0 Å². The summed E-state index contributed by atoms with van der Waals surface area (Å²) < 4.78 is 6.15. The minimum absolute atomic E-state index is 0.992. The molecule has 0 amide bonds. The normalized spacial score (nSPS) is 11.5. The molecule has 0 bridgehead atoms. The molecular weight excluding hydrogens is 821 g/mol. The van der Waals surface area contributed by atoms with E-state index in [9.17, 15) is 0 Å². The molecule has 0 spiro atoms. The van der Waals surface area contributed by atoms with Crippen LogP contribution < -0.4 is 9.80 Å². The second-order valence-electron chi connectivity index (χ2n) is 14.7. The van der Waals surface area contributed by atoms with Crippen molar-refractivity contribution in [1.82, 2.24) is 0 Å². The third-order valence-electron chi connectivity index (χ3n) is 11.1. The van der Waals surface area contributed by atoms with Gasteiger partial charge in [-0.2, -0.15) is 0 Å². The van der Waals surface area contributed by atoms with Crippen LogP contribution in [-0.2, 0) is 0 Å². The summed E-state index contributed by atoms with van der Waals surface area (Å²) in [5, 5.41) is 5.09. The number of benzene rings is 9. The van der Waals surface area contributed by atoms with E-state index in [4.69, 9.17) is 0 Å². The van der Waals surface area contributed by atoms with Crippen LogP contribution in [0.4, 0.5) is 34.1 Å². The molecule has 59 heavy (non-hydrogen) atoms. The minimum atomic E-state index is 0.992. The van der Waals surface area contributed by atoms with E-state index in [-0.39, 0.29) is 0 Å². The zero-order valence-electron chi connectivity index (χ0n) is 31.8. The summed E-state index contributed by atoms with van der Waals surface area (Å²) in [6.07, 6.45) is 0. The highest BCUT2D eigenvalue weighted by molar-refractivity contribution is 9.10. The summed E-state index contributed by atoms with van der Waals surface area (Å²) in [6, 6.07) is 77.1. The van der Waals surface area contributed by atoms with Gasteiger partial charge in [0.15, 0.2) is 0 Å². The molecule has 9 aromatic carbocycles. The van der Waals surface area contributed by atoms with Gasteiger partial charge in [0.2, 0.25) is 0 Å². The van der Waals surface area contributed by atoms with Gasteiger partial charge in [-0.05, 0) is 113 Å². The maximum atomic E-state index is 4.01. The summed E-state index contributed by atoms with van der Waals surface area (Å²) in [5.41, 5.74) is 11.2. The fourth-order valence-corrected chi connectivity index (χ4v) is 10.9. The van der Waals surface area contributed by atoms with Crippen LogP contribution in [0.15, 0.2) is 217 Å². The van der Waals surface area contributed by atoms with E-state index in [0.29, 0.717) is 0 Å². The van der Waals surface area contributed by atoms with Crippen molar-refractivity contribution in [1.29, 1.82) is 0 Å². The fourth-order valence-electron chi connectivity index (χ4n) is 8.29. The topological polar surface area (TPSA) is 6.48 Å². The van der Waals surface area contributed by atoms with E-state index < -0.39 is 0 Å². The highest BCUT2D eigenvalue weighted by atomic mass is 79.9. The molecule has 0 aliphatic rings. The first kappa shape index (κ1) is 35.6. The molecule has 2 aromatic heterocycles. The lowest BCUT2D eigenvalue weighted by Gasteiger charge is -2.30. The molecular formula is C54H35BrN2S2. The zero-order valence-corrected chi connectivity index (χ0v) is 35.0. The van der Waals surface area contributed by atoms with E-state index in [1.807, 2.05) is 22.7 Å². The Balaban J connectivity index is 1.10. The Labute approximate surface area is 359 Å². The summed E-state index contributed by atoms with van der Waals surface area (Å²) >= 11 is 7.70. The van der Waals surface area contributed by atoms with Gasteiger partial charge in [-0.15, -0.1) is 22.7 Å². The zero-order chi connectivity index (χ0) is 39.3. The van der Waals surface area contributed by atoms with Crippen molar-refractivity contribution in [3.8, 4) is 22.3 Å². The molecule has 5 heteroatoms. The first-order valence-corrected chi connectivity index (χ1v) is 22.1. The van der Waals surface area contributed by atoms with Crippen LogP contribution in [0.5, 0.6) is 0 Å². The highest BCUT2D eigenvalue weighted by Gasteiger charge is 2.21. The third-order valence-corrected chi connectivity index (χ3v) is 13.8. The molecule has 0 radical (unpaired) electrons. The first-order chi connectivity index (χ1) is 29.1. The Kier molecular flexibility index (Phi) is 9.08. The summed E-state index contributed by atoms with van der Waals surface area (Å²) in [5.74, 6) is 0. The lowest BCUT2D eigenvalue weighted by Crippen LogP contribution is -2.13. The molecule has 0 aliphatic carbocycles. The second-order valence-corrected chi connectivity index (χ2v) is 17.8. The number of nitrogens with zero attached hydrogens (tertiary/aromatic N) is 2. The van der Waals surface area contributed by atoms with Crippen molar-refractivity contribution in [2.24, 2.45) is 0 Å². The smallest absolute Gasteiger partial charge is 0.0493 e. The molecule has 0 N–H and O–H groups in total. The predicted octanol–water partition coefficient (Wildman–Crippen LogP) is 17.5. The Bertz CT molecular complexity index is 3060. The molecule has 2 nitrogen and oxygen atoms in total. The molecule has 0 fully saturated rings. The van der Waals surface area contributed by atoms with Crippen LogP contribution in [0.3, 0.4) is 0 Å². The maximum absolute atomic E-state index is 4.01. The van der Waals surface area contributed by atoms with Crippen LogP contribution in [0, 0.1) is 0 Å². The summed E-state index contributed by atoms with van der Waals surface area (Å²) in [7, 11) is 0. The number of anilines is 6. The van der Waals surface area contributed by atoms with Crippen LogP contribution in [0.25, 0.3) is 62.6 Å². The van der Waals surface area contributed by atoms with Crippen molar-refractivity contribution < 1.29 is 0 Å². The van der Waals surface area contributed by atoms with Gasteiger partial charge in [0, 0.05) is 78.9 Å². The number of fused-ring (bicyclic) bond motifs is 6. The average molecular weight is 856 g/mol. The number of hydrogen-bond acceptors (Lipinski definition) is 4. The molecule has 0 unspecified atom stereocenters. The Morgan fingerprint density at radius 3 is 1.07 bits per heavy atom. The fraction of sp³-hybridized carbons (Fsp3) is 0. The molecule has 0 saturated heterocycles. The van der Waals surface area contributed by atoms with E-state index >= 15 is 0 Å². The van der Waals surface area contributed by atoms with Crippen LogP contribution >= 0.6 is 38.6 Å². The number of halogens is 1. The van der Waals surface area contributed by atoms with Crippen molar-refractivity contribution in [3.05, 3.63) is 217 Å². The van der Waals surface area contributed by atoms with Gasteiger partial charge in [0.05, 0.1) is 0 Å². The van der Waals surface area contributed by atoms with E-state index in [1.165, 1.54) is 62.6 Å². The highest BCUT2D eigenvalue weighted by Crippen LogP contribution is 2.46. The predicted molar refractivity (Wildman–Crippen MR) is 260 cm³/mol. The molecule has 11 rings (SSSR count). The van der Waals surface area contributed by atoms with Crippen LogP contribution in [0.1, 0.15) is 0 Å². The van der Waals surface area contributed by atoms with Crippen LogP contribution in [0.2, 0.25) is 0 Å². The van der Waals surface area contributed by atoms with Gasteiger partial charge in [0.25, 0.3) is 0 Å². The Morgan fingerprint density at radius 2 is 0.627 bits per heavy atom. The van der Waals surface area contributed by atoms with E-state index in [1.54, 1.807) is 0 Å². The van der Waals surface area contributed by atoms with Gasteiger partial charge >= 0.3 is 0 Å². The van der Waals surface area contributed by atoms with Crippen molar-refractivity contribution in [3.63, 3.8) is 0 Å². The number of thiophene rings is 2. The molecule has 2 heterocycles. The number of hydrogen-bond donors (Lipinski definition) is 0. The molecule has 0 atom stereocenters. The van der Waals surface area contributed by atoms with Gasteiger partial charge in [-0.25, -0.2) is 0 Å². The first-order valence-electron chi connectivity index (χ1n) is 19.7. The van der Waals surface area contributed by atoms with E-state index in [0.717, 1.165) is 38.6 Å². The molecule has 280 valence electrons. The van der Waals surface area contributed by atoms with Gasteiger partial charge < -0.3 is 9.80 Å². The molecule has 11 aromatic rings. The third kappa shape index (κ3) is 6.67. The Morgan fingerprint density at radius 1 is 0.271 bits per heavy atom. The lowest BCUT2D eigenvalue weighted by molar-refractivity contribution is 1.25. The summed E-state index contributed by atoms with van der Waals surface area (Å²) in [4.78, 5) is 4.78. The molecule has 0 aliphatic heterocycles. The van der Waals surface area contributed by atoms with Crippen molar-refractivity contribution in [2.45, 2.75) is 0 Å². The van der Waals surface area contributed by atoms with E-state index in [2.05, 4.69) is 238 Å². The lowest BCUT2D eigenvalue weighted by atomic mass is 10.0. The minimum Gasteiger partial charge on any atom is -0.310 e. The monoisotopic (exact) mass is 854 g/mol. The van der Waals surface area contributed by atoms with Crippen molar-refractivity contribution >= 4 is 113 Å². The molecule has 0 saturated carbocycles. The van der Waals surface area contributed by atoms with Crippen molar-refractivity contribution in [2.75, 3.05) is 9.80 Å². The quantitative estimate of drug-likeness (QED) is 0.150. The Hall–Kier alpha value is -6.50. The maximum Gasteiger partial charge on any atom is 0.0493 e. The average Bonchev–Trinajstić information content (AvgIpc) is 3.85. The second kappa shape index (κ2) is 15.0. The van der Waals surface area contributed by atoms with Gasteiger partial charge in [-0.3, -0.25) is 0 Å². The van der Waals surface area contributed by atoms with Crippen LogP contribution in [-0.4, -0.2) is 0 Å². The summed E-state index contributed by atoms with van der Waals surface area (Å²) in [6.45, 7) is 0. The SMILES string of the molecule is Brc1cc(N(c2ccc(-c3ccccc3)cc2)c2ccc3sc4ccccc4c3c2)cc(N(c2ccc(-c3ccccc3)cc2)c2ccc3sc4ccccc4c3c2)c1. The number of rotatable bonds is 8. The largest absolute Gasteiger partial charge is 0.310 e.